The van der Waals surface area contributed by atoms with Crippen LogP contribution in [-0.2, 0) is 6.54 Å². The van der Waals surface area contributed by atoms with Crippen molar-refractivity contribution in [2.24, 2.45) is 0 Å². The van der Waals surface area contributed by atoms with Gasteiger partial charge in [-0.05, 0) is 25.9 Å². The number of hydrogen-bond donors (Lipinski definition) is 2. The molecule has 0 aromatic carbocycles. The Kier molecular flexibility index (Phi) is 3.03. The summed E-state index contributed by atoms with van der Waals surface area (Å²) in [6.45, 7) is 3.38. The minimum Gasteiger partial charge on any atom is -0.369 e. The molecule has 1 fully saturated rings. The highest BCUT2D eigenvalue weighted by Crippen LogP contribution is 2.12. The summed E-state index contributed by atoms with van der Waals surface area (Å²) < 4.78 is 0. The van der Waals surface area contributed by atoms with Gasteiger partial charge in [0.25, 0.3) is 0 Å². The van der Waals surface area contributed by atoms with E-state index in [1.807, 2.05) is 6.20 Å². The third-order valence-electron chi connectivity index (χ3n) is 2.74. The second-order valence-electron chi connectivity index (χ2n) is 3.98. The number of aromatic amines is 1. The summed E-state index contributed by atoms with van der Waals surface area (Å²) in [5, 5.41) is 0. The van der Waals surface area contributed by atoms with Gasteiger partial charge in [-0.3, -0.25) is 4.90 Å². The van der Waals surface area contributed by atoms with Crippen LogP contribution in [0.15, 0.2) is 6.20 Å². The van der Waals surface area contributed by atoms with Crippen LogP contribution in [0.5, 0.6) is 0 Å². The summed E-state index contributed by atoms with van der Waals surface area (Å²) in [4.78, 5) is 9.54. The molecule has 1 aliphatic heterocycles. The molecule has 0 unspecified atom stereocenters. The van der Waals surface area contributed by atoms with E-state index in [4.69, 9.17) is 5.73 Å². The monoisotopic (exact) mass is 194 g/mol. The van der Waals surface area contributed by atoms with Crippen molar-refractivity contribution in [2.75, 3.05) is 18.8 Å². The molecule has 2 rings (SSSR count). The Morgan fingerprint density at radius 3 is 2.57 bits per heavy atom. The van der Waals surface area contributed by atoms with Gasteiger partial charge in [-0.1, -0.05) is 12.8 Å². The summed E-state index contributed by atoms with van der Waals surface area (Å²) in [6.07, 6.45) is 7.23. The Labute approximate surface area is 84.5 Å². The maximum Gasteiger partial charge on any atom is 0.197 e. The predicted molar refractivity (Wildman–Crippen MR) is 56.7 cm³/mol. The zero-order valence-electron chi connectivity index (χ0n) is 8.50. The fraction of sp³-hybridized carbons (Fsp3) is 0.700. The molecule has 1 aromatic heterocycles. The summed E-state index contributed by atoms with van der Waals surface area (Å²) in [6, 6.07) is 0. The average Bonchev–Trinajstić information content (AvgIpc) is 2.43. The molecule has 0 amide bonds. The Bertz CT molecular complexity index is 273. The molecular weight excluding hydrogens is 176 g/mol. The molecule has 0 aliphatic carbocycles. The van der Waals surface area contributed by atoms with Crippen molar-refractivity contribution in [1.29, 1.82) is 0 Å². The number of hydrogen-bond acceptors (Lipinski definition) is 3. The molecule has 4 nitrogen and oxygen atoms in total. The second-order valence-corrected chi connectivity index (χ2v) is 3.98. The van der Waals surface area contributed by atoms with Gasteiger partial charge in [0.05, 0.1) is 11.9 Å². The van der Waals surface area contributed by atoms with E-state index in [1.54, 1.807) is 0 Å². The van der Waals surface area contributed by atoms with Gasteiger partial charge in [0.2, 0.25) is 0 Å². The first-order valence-corrected chi connectivity index (χ1v) is 5.36. The van der Waals surface area contributed by atoms with Crippen LogP contribution in [-0.4, -0.2) is 28.0 Å². The van der Waals surface area contributed by atoms with Gasteiger partial charge in [0, 0.05) is 6.54 Å². The highest BCUT2D eigenvalue weighted by atomic mass is 15.1. The molecule has 2 heterocycles. The first-order chi connectivity index (χ1) is 6.84. The van der Waals surface area contributed by atoms with Crippen LogP contribution >= 0.6 is 0 Å². The number of nitrogens with zero attached hydrogens (tertiary/aromatic N) is 2. The van der Waals surface area contributed by atoms with Crippen molar-refractivity contribution in [2.45, 2.75) is 32.2 Å². The van der Waals surface area contributed by atoms with E-state index in [9.17, 15) is 0 Å². The van der Waals surface area contributed by atoms with Crippen LogP contribution in [0.1, 0.15) is 31.4 Å². The molecule has 1 aliphatic rings. The third kappa shape index (κ3) is 2.48. The highest BCUT2D eigenvalue weighted by molar-refractivity contribution is 5.18. The number of nitrogens with two attached hydrogens (primary N) is 1. The summed E-state index contributed by atoms with van der Waals surface area (Å²) >= 11 is 0. The number of rotatable bonds is 2. The van der Waals surface area contributed by atoms with Gasteiger partial charge in [0.15, 0.2) is 5.95 Å². The van der Waals surface area contributed by atoms with E-state index < -0.39 is 0 Å². The fourth-order valence-electron chi connectivity index (χ4n) is 1.99. The summed E-state index contributed by atoms with van der Waals surface area (Å²) in [5.74, 6) is 0.523. The average molecular weight is 194 g/mol. The first-order valence-electron chi connectivity index (χ1n) is 5.36. The van der Waals surface area contributed by atoms with E-state index >= 15 is 0 Å². The number of nitrogen functional groups attached to an aromatic ring is 1. The first kappa shape index (κ1) is 9.52. The normalized spacial score (nSPS) is 19.4. The van der Waals surface area contributed by atoms with E-state index in [-0.39, 0.29) is 0 Å². The lowest BCUT2D eigenvalue weighted by Gasteiger charge is -2.18. The van der Waals surface area contributed by atoms with Gasteiger partial charge in [-0.2, -0.15) is 0 Å². The molecular formula is C10H18N4. The van der Waals surface area contributed by atoms with Crippen LogP contribution in [0, 0.1) is 0 Å². The molecule has 1 saturated heterocycles. The van der Waals surface area contributed by atoms with Crippen LogP contribution in [0.4, 0.5) is 5.95 Å². The molecule has 14 heavy (non-hydrogen) atoms. The van der Waals surface area contributed by atoms with Crippen molar-refractivity contribution in [3.8, 4) is 0 Å². The number of imidazole rings is 1. The lowest BCUT2D eigenvalue weighted by molar-refractivity contribution is 0.274. The van der Waals surface area contributed by atoms with Gasteiger partial charge in [-0.25, -0.2) is 4.98 Å². The van der Waals surface area contributed by atoms with Gasteiger partial charge >= 0.3 is 0 Å². The van der Waals surface area contributed by atoms with E-state index in [0.29, 0.717) is 5.95 Å². The summed E-state index contributed by atoms with van der Waals surface area (Å²) in [7, 11) is 0. The molecule has 0 radical (unpaired) electrons. The van der Waals surface area contributed by atoms with Crippen LogP contribution in [0.25, 0.3) is 0 Å². The van der Waals surface area contributed by atoms with E-state index in [2.05, 4.69) is 14.9 Å². The van der Waals surface area contributed by atoms with Crippen LogP contribution in [0.3, 0.4) is 0 Å². The number of aromatic nitrogens is 2. The topological polar surface area (TPSA) is 57.9 Å². The maximum absolute atomic E-state index is 5.53. The highest BCUT2D eigenvalue weighted by Gasteiger charge is 2.10. The zero-order valence-corrected chi connectivity index (χ0v) is 8.50. The van der Waals surface area contributed by atoms with Crippen LogP contribution in [0.2, 0.25) is 0 Å². The minimum absolute atomic E-state index is 0.523. The molecule has 3 N–H and O–H groups in total. The third-order valence-corrected chi connectivity index (χ3v) is 2.74. The quantitative estimate of drug-likeness (QED) is 0.747. The van der Waals surface area contributed by atoms with Crippen molar-refractivity contribution < 1.29 is 0 Å². The van der Waals surface area contributed by atoms with Crippen molar-refractivity contribution >= 4 is 5.95 Å². The molecule has 0 bridgehead atoms. The number of likely N-dealkylation sites (tertiary alicyclic amines) is 1. The minimum atomic E-state index is 0.523. The smallest absolute Gasteiger partial charge is 0.197 e. The lowest BCUT2D eigenvalue weighted by atomic mass is 10.2. The second kappa shape index (κ2) is 4.46. The molecule has 1 aromatic rings. The molecule has 78 valence electrons. The largest absolute Gasteiger partial charge is 0.369 e. The number of anilines is 1. The van der Waals surface area contributed by atoms with Gasteiger partial charge in [-0.15, -0.1) is 0 Å². The Balaban J connectivity index is 1.89. The standard InChI is InChI=1S/C10H18N4/c11-10-12-7-9(13-10)8-14-5-3-1-2-4-6-14/h7H,1-6,8H2,(H3,11,12,13). The predicted octanol–water partition coefficient (Wildman–Crippen LogP) is 1.37. The molecule has 0 saturated carbocycles. The Hall–Kier alpha value is -1.03. The van der Waals surface area contributed by atoms with E-state index in [1.165, 1.54) is 38.8 Å². The molecule has 4 heteroatoms. The van der Waals surface area contributed by atoms with Crippen molar-refractivity contribution in [3.05, 3.63) is 11.9 Å². The maximum atomic E-state index is 5.53. The number of nitrogens with one attached hydrogen (secondary N) is 1. The van der Waals surface area contributed by atoms with Gasteiger partial charge < -0.3 is 10.7 Å². The Morgan fingerprint density at radius 1 is 1.29 bits per heavy atom. The number of H-pyrrole nitrogens is 1. The van der Waals surface area contributed by atoms with E-state index in [0.717, 1.165) is 12.2 Å². The SMILES string of the molecule is Nc1ncc(CN2CCCCCC2)[nH]1. The molecule has 0 atom stereocenters. The lowest BCUT2D eigenvalue weighted by Crippen LogP contribution is -2.24. The zero-order chi connectivity index (χ0) is 9.80. The van der Waals surface area contributed by atoms with Gasteiger partial charge in [0.1, 0.15) is 0 Å². The van der Waals surface area contributed by atoms with Crippen molar-refractivity contribution in [3.63, 3.8) is 0 Å². The van der Waals surface area contributed by atoms with Crippen molar-refractivity contribution in [1.82, 2.24) is 14.9 Å². The van der Waals surface area contributed by atoms with Crippen LogP contribution < -0.4 is 5.73 Å². The summed E-state index contributed by atoms with van der Waals surface area (Å²) in [5.41, 5.74) is 6.66. The Morgan fingerprint density at radius 2 is 2.00 bits per heavy atom. The molecule has 0 spiro atoms. The fourth-order valence-corrected chi connectivity index (χ4v) is 1.99.